The van der Waals surface area contributed by atoms with Crippen molar-refractivity contribution in [2.45, 2.75) is 18.7 Å². The second-order valence-corrected chi connectivity index (χ2v) is 7.78. The zero-order valence-corrected chi connectivity index (χ0v) is 15.2. The van der Waals surface area contributed by atoms with E-state index < -0.39 is 15.9 Å². The molecule has 0 radical (unpaired) electrons. The molecule has 0 saturated carbocycles. The Bertz CT molecular complexity index is 815. The highest BCUT2D eigenvalue weighted by Gasteiger charge is 2.16. The lowest BCUT2D eigenvalue weighted by molar-refractivity contribution is -0.115. The number of rotatable bonds is 5. The van der Waals surface area contributed by atoms with E-state index in [1.807, 2.05) is 32.0 Å². The minimum atomic E-state index is -3.73. The van der Waals surface area contributed by atoms with Gasteiger partial charge in [0.1, 0.15) is 0 Å². The molecular formula is C16H17BrN2O3S. The first-order valence-electron chi connectivity index (χ1n) is 6.91. The summed E-state index contributed by atoms with van der Waals surface area (Å²) in [7, 11) is -3.73. The van der Waals surface area contributed by atoms with Gasteiger partial charge in [0.2, 0.25) is 15.9 Å². The van der Waals surface area contributed by atoms with Crippen molar-refractivity contribution in [1.82, 2.24) is 4.72 Å². The highest BCUT2D eigenvalue weighted by atomic mass is 79.9. The summed E-state index contributed by atoms with van der Waals surface area (Å²) in [5.41, 5.74) is 2.56. The van der Waals surface area contributed by atoms with Crippen molar-refractivity contribution in [2.24, 2.45) is 0 Å². The Morgan fingerprint density at radius 3 is 2.30 bits per heavy atom. The van der Waals surface area contributed by atoms with Crippen LogP contribution in [0.1, 0.15) is 11.1 Å². The van der Waals surface area contributed by atoms with Crippen LogP contribution in [0.2, 0.25) is 0 Å². The van der Waals surface area contributed by atoms with E-state index in [2.05, 4.69) is 26.0 Å². The number of aryl methyl sites for hydroxylation is 2. The van der Waals surface area contributed by atoms with Crippen LogP contribution < -0.4 is 10.0 Å². The fourth-order valence-electron chi connectivity index (χ4n) is 2.07. The molecule has 0 heterocycles. The second-order valence-electron chi connectivity index (χ2n) is 5.10. The molecule has 1 amide bonds. The molecule has 0 bridgehead atoms. The summed E-state index contributed by atoms with van der Waals surface area (Å²) >= 11 is 3.22. The molecule has 0 aliphatic rings. The summed E-state index contributed by atoms with van der Waals surface area (Å²) in [6, 6.07) is 12.0. The average Bonchev–Trinajstić information content (AvgIpc) is 2.49. The highest BCUT2D eigenvalue weighted by molar-refractivity contribution is 9.10. The number of carbonyl (C=O) groups is 1. The molecule has 0 fully saturated rings. The molecule has 2 N–H and O–H groups in total. The zero-order chi connectivity index (χ0) is 17.0. The van der Waals surface area contributed by atoms with Crippen LogP contribution in [0.4, 0.5) is 5.69 Å². The molecule has 2 aromatic rings. The summed E-state index contributed by atoms with van der Waals surface area (Å²) in [5.74, 6) is -0.416. The molecule has 7 heteroatoms. The van der Waals surface area contributed by atoms with Gasteiger partial charge in [-0.3, -0.25) is 4.79 Å². The molecule has 0 aliphatic carbocycles. The van der Waals surface area contributed by atoms with Crippen LogP contribution in [0.15, 0.2) is 51.8 Å². The van der Waals surface area contributed by atoms with Crippen LogP contribution in [-0.4, -0.2) is 20.9 Å². The van der Waals surface area contributed by atoms with E-state index in [1.54, 1.807) is 12.1 Å². The zero-order valence-electron chi connectivity index (χ0n) is 12.8. The second kappa shape index (κ2) is 7.25. The van der Waals surface area contributed by atoms with E-state index in [0.29, 0.717) is 10.2 Å². The van der Waals surface area contributed by atoms with Gasteiger partial charge in [-0.1, -0.05) is 40.2 Å². The van der Waals surface area contributed by atoms with Crippen molar-refractivity contribution in [3.05, 3.63) is 58.1 Å². The fraction of sp³-hybridized carbons (Fsp3) is 0.188. The van der Waals surface area contributed by atoms with E-state index in [0.717, 1.165) is 11.1 Å². The molecule has 0 spiro atoms. The summed E-state index contributed by atoms with van der Waals surface area (Å²) in [5, 5.41) is 2.74. The maximum Gasteiger partial charge on any atom is 0.241 e. The number of amides is 1. The lowest BCUT2D eigenvalue weighted by Gasteiger charge is -2.12. The van der Waals surface area contributed by atoms with Crippen molar-refractivity contribution in [1.29, 1.82) is 0 Å². The standard InChI is InChI=1S/C16H17BrN2O3S/c1-11-5-3-6-12(2)16(11)19-15(20)10-18-23(21,22)14-8-4-7-13(17)9-14/h3-9,18H,10H2,1-2H3,(H,19,20). The predicted octanol–water partition coefficient (Wildman–Crippen LogP) is 2.98. The van der Waals surface area contributed by atoms with Crippen molar-refractivity contribution in [2.75, 3.05) is 11.9 Å². The first-order chi connectivity index (χ1) is 10.8. The summed E-state index contributed by atoms with van der Waals surface area (Å²) in [6.45, 7) is 3.44. The van der Waals surface area contributed by atoms with E-state index >= 15 is 0 Å². The van der Waals surface area contributed by atoms with E-state index in [-0.39, 0.29) is 11.4 Å². The third kappa shape index (κ3) is 4.63. The van der Waals surface area contributed by atoms with Crippen LogP contribution in [0.25, 0.3) is 0 Å². The van der Waals surface area contributed by atoms with Gasteiger partial charge in [0.05, 0.1) is 11.4 Å². The van der Waals surface area contributed by atoms with Crippen LogP contribution in [0.5, 0.6) is 0 Å². The average molecular weight is 397 g/mol. The number of hydrogen-bond donors (Lipinski definition) is 2. The molecule has 2 rings (SSSR count). The fourth-order valence-corrected chi connectivity index (χ4v) is 3.65. The molecule has 0 saturated heterocycles. The molecule has 0 aliphatic heterocycles. The predicted molar refractivity (Wildman–Crippen MR) is 93.9 cm³/mol. The molecule has 122 valence electrons. The molecule has 23 heavy (non-hydrogen) atoms. The van der Waals surface area contributed by atoms with E-state index in [4.69, 9.17) is 0 Å². The molecular weight excluding hydrogens is 380 g/mol. The van der Waals surface area contributed by atoms with Gasteiger partial charge in [0.25, 0.3) is 0 Å². The maximum absolute atomic E-state index is 12.2. The molecule has 0 unspecified atom stereocenters. The number of sulfonamides is 1. The van der Waals surface area contributed by atoms with Crippen LogP contribution in [0.3, 0.4) is 0 Å². The van der Waals surface area contributed by atoms with Gasteiger partial charge in [0, 0.05) is 10.2 Å². The van der Waals surface area contributed by atoms with Crippen LogP contribution in [0, 0.1) is 13.8 Å². The number of carbonyl (C=O) groups excluding carboxylic acids is 1. The SMILES string of the molecule is Cc1cccc(C)c1NC(=O)CNS(=O)(=O)c1cccc(Br)c1. The van der Waals surface area contributed by atoms with E-state index in [1.165, 1.54) is 12.1 Å². The van der Waals surface area contributed by atoms with Crippen molar-refractivity contribution in [3.8, 4) is 0 Å². The van der Waals surface area contributed by atoms with Gasteiger partial charge in [-0.15, -0.1) is 0 Å². The van der Waals surface area contributed by atoms with Gasteiger partial charge in [-0.25, -0.2) is 13.1 Å². The maximum atomic E-state index is 12.2. The van der Waals surface area contributed by atoms with Gasteiger partial charge in [0.15, 0.2) is 0 Å². The minimum Gasteiger partial charge on any atom is -0.324 e. The monoisotopic (exact) mass is 396 g/mol. The molecule has 5 nitrogen and oxygen atoms in total. The summed E-state index contributed by atoms with van der Waals surface area (Å²) in [6.07, 6.45) is 0. The molecule has 0 atom stereocenters. The van der Waals surface area contributed by atoms with Crippen molar-refractivity contribution < 1.29 is 13.2 Å². The number of hydrogen-bond acceptors (Lipinski definition) is 3. The van der Waals surface area contributed by atoms with Gasteiger partial charge < -0.3 is 5.32 Å². The van der Waals surface area contributed by atoms with E-state index in [9.17, 15) is 13.2 Å². The number of para-hydroxylation sites is 1. The van der Waals surface area contributed by atoms with Crippen LogP contribution in [-0.2, 0) is 14.8 Å². The lowest BCUT2D eigenvalue weighted by Crippen LogP contribution is -2.33. The highest BCUT2D eigenvalue weighted by Crippen LogP contribution is 2.19. The Balaban J connectivity index is 2.04. The first kappa shape index (κ1) is 17.7. The third-order valence-electron chi connectivity index (χ3n) is 3.27. The number of halogens is 1. The Morgan fingerprint density at radius 2 is 1.70 bits per heavy atom. The van der Waals surface area contributed by atoms with Crippen LogP contribution >= 0.6 is 15.9 Å². The van der Waals surface area contributed by atoms with Crippen molar-refractivity contribution >= 4 is 37.5 Å². The largest absolute Gasteiger partial charge is 0.324 e. The normalized spacial score (nSPS) is 11.3. The van der Waals surface area contributed by atoms with Gasteiger partial charge in [-0.2, -0.15) is 0 Å². The number of nitrogens with one attached hydrogen (secondary N) is 2. The lowest BCUT2D eigenvalue weighted by atomic mass is 10.1. The van der Waals surface area contributed by atoms with Gasteiger partial charge >= 0.3 is 0 Å². The Hall–Kier alpha value is -1.70. The van der Waals surface area contributed by atoms with Crippen molar-refractivity contribution in [3.63, 3.8) is 0 Å². The third-order valence-corrected chi connectivity index (χ3v) is 5.17. The van der Waals surface area contributed by atoms with Gasteiger partial charge in [-0.05, 0) is 43.2 Å². The molecule has 0 aromatic heterocycles. The quantitative estimate of drug-likeness (QED) is 0.815. The Morgan fingerprint density at radius 1 is 1.09 bits per heavy atom. The summed E-state index contributed by atoms with van der Waals surface area (Å²) in [4.78, 5) is 12.1. The first-order valence-corrected chi connectivity index (χ1v) is 9.18. The minimum absolute atomic E-state index is 0.103. The Labute approximate surface area is 144 Å². The number of benzene rings is 2. The summed E-state index contributed by atoms with van der Waals surface area (Å²) < 4.78 is 27.3. The smallest absolute Gasteiger partial charge is 0.241 e. The number of anilines is 1. The molecule has 2 aromatic carbocycles. The Kier molecular flexibility index (Phi) is 5.56. The topological polar surface area (TPSA) is 75.3 Å².